The molecule has 2 unspecified atom stereocenters. The highest BCUT2D eigenvalue weighted by molar-refractivity contribution is 5.72. The summed E-state index contributed by atoms with van der Waals surface area (Å²) < 4.78 is 25.3. The van der Waals surface area contributed by atoms with Crippen LogP contribution in [0.4, 0.5) is 21.7 Å². The summed E-state index contributed by atoms with van der Waals surface area (Å²) >= 11 is 0. The number of halogens is 1. The van der Waals surface area contributed by atoms with Crippen molar-refractivity contribution in [1.29, 1.82) is 0 Å². The molecule has 2 aromatic rings. The molecule has 1 aromatic heterocycles. The first kappa shape index (κ1) is 21.9. The SMILES string of the molecule is COc1cc(F)c([N+](=O)[O-])cc1Nc1nccc(C2=CN3CC(C)(C)COC4=CC=CC2C43)n1. The third kappa shape index (κ3) is 3.85. The van der Waals surface area contributed by atoms with Crippen molar-refractivity contribution in [3.05, 3.63) is 76.2 Å². The molecule has 3 heterocycles. The van der Waals surface area contributed by atoms with Crippen molar-refractivity contribution in [2.45, 2.75) is 19.9 Å². The number of hydrogen-bond acceptors (Lipinski definition) is 8. The van der Waals surface area contributed by atoms with Crippen molar-refractivity contribution in [3.8, 4) is 5.75 Å². The number of nitro benzene ring substituents is 1. The van der Waals surface area contributed by atoms with Crippen molar-refractivity contribution < 1.29 is 18.8 Å². The third-order valence-corrected chi connectivity index (χ3v) is 6.14. The molecular formula is C24H24FN5O4. The van der Waals surface area contributed by atoms with E-state index in [2.05, 4.69) is 46.3 Å². The number of allylic oxidation sites excluding steroid dienone is 2. The van der Waals surface area contributed by atoms with Crippen LogP contribution in [0.3, 0.4) is 0 Å². The summed E-state index contributed by atoms with van der Waals surface area (Å²) in [5.41, 5.74) is 1.26. The van der Waals surface area contributed by atoms with Crippen molar-refractivity contribution >= 4 is 22.9 Å². The van der Waals surface area contributed by atoms with Gasteiger partial charge in [0, 0.05) is 48.0 Å². The number of nitrogens with zero attached hydrogens (tertiary/aromatic N) is 4. The summed E-state index contributed by atoms with van der Waals surface area (Å²) in [6, 6.07) is 3.94. The monoisotopic (exact) mass is 465 g/mol. The fourth-order valence-corrected chi connectivity index (χ4v) is 4.62. The predicted octanol–water partition coefficient (Wildman–Crippen LogP) is 4.43. The number of methoxy groups -OCH3 is 1. The van der Waals surface area contributed by atoms with E-state index < -0.39 is 16.4 Å². The van der Waals surface area contributed by atoms with Crippen LogP contribution in [0, 0.1) is 27.3 Å². The van der Waals surface area contributed by atoms with Gasteiger partial charge in [-0.05, 0) is 12.1 Å². The summed E-state index contributed by atoms with van der Waals surface area (Å²) in [5.74, 6) is 0.351. The number of anilines is 2. The maximum atomic E-state index is 14.0. The van der Waals surface area contributed by atoms with Crippen molar-refractivity contribution in [1.82, 2.24) is 14.9 Å². The van der Waals surface area contributed by atoms with Gasteiger partial charge in [-0.15, -0.1) is 0 Å². The van der Waals surface area contributed by atoms with Gasteiger partial charge in [0.25, 0.3) is 0 Å². The number of aromatic nitrogens is 2. The average molecular weight is 465 g/mol. The number of benzene rings is 1. The Kier molecular flexibility index (Phi) is 5.22. The number of ether oxygens (including phenoxy) is 2. The summed E-state index contributed by atoms with van der Waals surface area (Å²) in [5, 5.41) is 14.1. The van der Waals surface area contributed by atoms with E-state index in [1.807, 2.05) is 18.2 Å². The van der Waals surface area contributed by atoms with Crippen LogP contribution in [0.5, 0.6) is 5.75 Å². The molecule has 2 aliphatic heterocycles. The Labute approximate surface area is 195 Å². The molecule has 0 amide bonds. The Morgan fingerprint density at radius 3 is 2.97 bits per heavy atom. The second-order valence-corrected chi connectivity index (χ2v) is 9.29. The lowest BCUT2D eigenvalue weighted by atomic mass is 9.88. The molecule has 176 valence electrons. The molecule has 1 saturated heterocycles. The zero-order chi connectivity index (χ0) is 24.0. The molecule has 3 aliphatic rings. The molecular weight excluding hydrogens is 441 g/mol. The van der Waals surface area contributed by atoms with Gasteiger partial charge in [0.05, 0.1) is 36.1 Å². The van der Waals surface area contributed by atoms with Gasteiger partial charge >= 0.3 is 5.69 Å². The van der Waals surface area contributed by atoms with Crippen LogP contribution in [-0.4, -0.2) is 46.1 Å². The zero-order valence-corrected chi connectivity index (χ0v) is 19.0. The minimum Gasteiger partial charge on any atom is -0.495 e. The fraction of sp³-hybridized carbons (Fsp3) is 0.333. The van der Waals surface area contributed by atoms with Gasteiger partial charge in [-0.1, -0.05) is 26.0 Å². The molecule has 10 heteroatoms. The summed E-state index contributed by atoms with van der Waals surface area (Å²) in [6.45, 7) is 5.86. The quantitative estimate of drug-likeness (QED) is 0.511. The van der Waals surface area contributed by atoms with Crippen LogP contribution in [0.15, 0.2) is 54.6 Å². The molecule has 0 saturated carbocycles. The molecule has 34 heavy (non-hydrogen) atoms. The molecule has 0 spiro atoms. The Morgan fingerprint density at radius 1 is 1.38 bits per heavy atom. The van der Waals surface area contributed by atoms with Crippen LogP contribution < -0.4 is 10.1 Å². The molecule has 5 rings (SSSR count). The van der Waals surface area contributed by atoms with Crippen LogP contribution in [0.25, 0.3) is 5.57 Å². The minimum atomic E-state index is -0.983. The first-order valence-corrected chi connectivity index (χ1v) is 10.9. The van der Waals surface area contributed by atoms with Gasteiger partial charge in [-0.2, -0.15) is 4.39 Å². The van der Waals surface area contributed by atoms with Gasteiger partial charge in [-0.25, -0.2) is 9.97 Å². The van der Waals surface area contributed by atoms with Gasteiger partial charge in [-0.3, -0.25) is 10.1 Å². The fourth-order valence-electron chi connectivity index (χ4n) is 4.62. The standard InChI is InChI=1S/C24H24FN5O4/c1-24(2)12-29-11-15(14-5-4-6-20(22(14)29)34-13-24)17-7-8-26-23(27-17)28-18-10-19(30(31)32)16(25)9-21(18)33-3/h4-11,14,22H,12-13H2,1-3H3,(H,26,27,28). The van der Waals surface area contributed by atoms with E-state index in [0.29, 0.717) is 6.61 Å². The van der Waals surface area contributed by atoms with E-state index in [4.69, 9.17) is 9.47 Å². The van der Waals surface area contributed by atoms with E-state index in [-0.39, 0.29) is 34.8 Å². The highest BCUT2D eigenvalue weighted by Crippen LogP contribution is 2.44. The van der Waals surface area contributed by atoms with Gasteiger partial charge in [0.2, 0.25) is 11.8 Å². The Morgan fingerprint density at radius 2 is 2.21 bits per heavy atom. The van der Waals surface area contributed by atoms with E-state index in [9.17, 15) is 14.5 Å². The average Bonchev–Trinajstić information content (AvgIpc) is 3.10. The van der Waals surface area contributed by atoms with Crippen LogP contribution in [0.1, 0.15) is 19.5 Å². The smallest absolute Gasteiger partial charge is 0.307 e. The van der Waals surface area contributed by atoms with Crippen LogP contribution >= 0.6 is 0 Å². The number of nitrogens with one attached hydrogen (secondary N) is 1. The first-order chi connectivity index (χ1) is 16.3. The highest BCUT2D eigenvalue weighted by Gasteiger charge is 2.43. The lowest BCUT2D eigenvalue weighted by Crippen LogP contribution is -2.37. The zero-order valence-electron chi connectivity index (χ0n) is 19.0. The normalized spacial score (nSPS) is 22.2. The number of hydrogen-bond donors (Lipinski definition) is 1. The molecule has 1 aromatic carbocycles. The van der Waals surface area contributed by atoms with Gasteiger partial charge in [0.1, 0.15) is 11.5 Å². The topological polar surface area (TPSA) is 103 Å². The van der Waals surface area contributed by atoms with Crippen molar-refractivity contribution in [2.75, 3.05) is 25.6 Å². The maximum absolute atomic E-state index is 14.0. The lowest BCUT2D eigenvalue weighted by Gasteiger charge is -2.31. The minimum absolute atomic E-state index is 0.0130. The van der Waals surface area contributed by atoms with E-state index >= 15 is 0 Å². The van der Waals surface area contributed by atoms with Gasteiger partial charge < -0.3 is 19.7 Å². The summed E-state index contributed by atoms with van der Waals surface area (Å²) in [6.07, 6.45) is 9.92. The first-order valence-electron chi connectivity index (χ1n) is 10.9. The lowest BCUT2D eigenvalue weighted by molar-refractivity contribution is -0.387. The third-order valence-electron chi connectivity index (χ3n) is 6.14. The second-order valence-electron chi connectivity index (χ2n) is 9.29. The van der Waals surface area contributed by atoms with Crippen molar-refractivity contribution in [3.63, 3.8) is 0 Å². The van der Waals surface area contributed by atoms with Gasteiger partial charge in [0.15, 0.2) is 0 Å². The molecule has 1 aliphatic carbocycles. The van der Waals surface area contributed by atoms with E-state index in [1.165, 1.54) is 7.11 Å². The van der Waals surface area contributed by atoms with Crippen LogP contribution in [0.2, 0.25) is 0 Å². The Balaban J connectivity index is 1.48. The molecule has 9 nitrogen and oxygen atoms in total. The molecule has 1 fully saturated rings. The van der Waals surface area contributed by atoms with E-state index in [1.54, 1.807) is 6.20 Å². The summed E-state index contributed by atoms with van der Waals surface area (Å²) in [7, 11) is 1.36. The Hall–Kier alpha value is -3.95. The molecule has 0 bridgehead atoms. The maximum Gasteiger partial charge on any atom is 0.307 e. The largest absolute Gasteiger partial charge is 0.495 e. The number of rotatable bonds is 5. The van der Waals surface area contributed by atoms with E-state index in [0.717, 1.165) is 35.7 Å². The number of nitro groups is 1. The summed E-state index contributed by atoms with van der Waals surface area (Å²) in [4.78, 5) is 21.6. The Bertz CT molecular complexity index is 1260. The second kappa shape index (κ2) is 8.12. The predicted molar refractivity (Wildman–Crippen MR) is 124 cm³/mol. The molecule has 0 radical (unpaired) electrons. The molecule has 2 atom stereocenters. The molecule has 1 N–H and O–H groups in total. The highest BCUT2D eigenvalue weighted by atomic mass is 19.1. The van der Waals surface area contributed by atoms with Crippen molar-refractivity contribution in [2.24, 2.45) is 11.3 Å². The van der Waals surface area contributed by atoms with Crippen LogP contribution in [-0.2, 0) is 4.74 Å².